The SMILES string of the molecule is CN(C)CCNC(=O)c1cccc(NC(=O)c2nnc(COc3ccc(Cl)cc3)s2)c1. The second-order valence-corrected chi connectivity index (χ2v) is 8.34. The van der Waals surface area contributed by atoms with E-state index in [-0.39, 0.29) is 17.5 Å². The molecule has 0 saturated carbocycles. The maximum atomic E-state index is 12.5. The van der Waals surface area contributed by atoms with Crippen LogP contribution in [0.5, 0.6) is 5.75 Å². The molecule has 8 nitrogen and oxygen atoms in total. The highest BCUT2D eigenvalue weighted by atomic mass is 35.5. The number of amides is 2. The first kappa shape index (κ1) is 22.7. The molecule has 0 aliphatic heterocycles. The highest BCUT2D eigenvalue weighted by molar-refractivity contribution is 7.13. The molecule has 0 bridgehead atoms. The van der Waals surface area contributed by atoms with Crippen LogP contribution in [0.25, 0.3) is 0 Å². The van der Waals surface area contributed by atoms with Crippen LogP contribution in [-0.4, -0.2) is 54.1 Å². The molecular formula is C21H22ClN5O3S. The molecule has 2 aromatic carbocycles. The number of hydrogen-bond donors (Lipinski definition) is 2. The van der Waals surface area contributed by atoms with E-state index in [1.165, 1.54) is 0 Å². The fraction of sp³-hybridized carbons (Fsp3) is 0.238. The lowest BCUT2D eigenvalue weighted by molar-refractivity contribution is 0.0949. The average Bonchev–Trinajstić information content (AvgIpc) is 3.22. The minimum absolute atomic E-state index is 0.190. The van der Waals surface area contributed by atoms with Gasteiger partial charge >= 0.3 is 0 Å². The Labute approximate surface area is 189 Å². The van der Waals surface area contributed by atoms with Crippen molar-refractivity contribution in [2.24, 2.45) is 0 Å². The molecule has 10 heteroatoms. The van der Waals surface area contributed by atoms with Crippen LogP contribution in [0.15, 0.2) is 48.5 Å². The van der Waals surface area contributed by atoms with Crippen LogP contribution in [0.1, 0.15) is 25.2 Å². The van der Waals surface area contributed by atoms with Gasteiger partial charge in [-0.1, -0.05) is 29.0 Å². The van der Waals surface area contributed by atoms with Crippen LogP contribution in [-0.2, 0) is 6.61 Å². The number of nitrogens with one attached hydrogen (secondary N) is 2. The number of hydrogen-bond acceptors (Lipinski definition) is 7. The van der Waals surface area contributed by atoms with Crippen molar-refractivity contribution >= 4 is 40.4 Å². The number of benzene rings is 2. The summed E-state index contributed by atoms with van der Waals surface area (Å²) < 4.78 is 5.62. The van der Waals surface area contributed by atoms with Gasteiger partial charge in [0, 0.05) is 29.4 Å². The van der Waals surface area contributed by atoms with Crippen LogP contribution in [0.2, 0.25) is 5.02 Å². The number of anilines is 1. The molecule has 162 valence electrons. The molecular weight excluding hydrogens is 438 g/mol. The molecule has 1 heterocycles. The second kappa shape index (κ2) is 10.9. The number of aromatic nitrogens is 2. The monoisotopic (exact) mass is 459 g/mol. The lowest BCUT2D eigenvalue weighted by Gasteiger charge is -2.11. The van der Waals surface area contributed by atoms with Gasteiger partial charge in [0.15, 0.2) is 5.01 Å². The van der Waals surface area contributed by atoms with Gasteiger partial charge in [-0.2, -0.15) is 0 Å². The highest BCUT2D eigenvalue weighted by Crippen LogP contribution is 2.19. The summed E-state index contributed by atoms with van der Waals surface area (Å²) >= 11 is 6.99. The van der Waals surface area contributed by atoms with Crippen molar-refractivity contribution in [3.63, 3.8) is 0 Å². The van der Waals surface area contributed by atoms with E-state index < -0.39 is 5.91 Å². The van der Waals surface area contributed by atoms with Crippen molar-refractivity contribution in [1.82, 2.24) is 20.4 Å². The van der Waals surface area contributed by atoms with Gasteiger partial charge in [-0.15, -0.1) is 10.2 Å². The summed E-state index contributed by atoms with van der Waals surface area (Å²) in [6.07, 6.45) is 0. The van der Waals surface area contributed by atoms with Gasteiger partial charge in [0.2, 0.25) is 5.01 Å². The molecule has 3 aromatic rings. The van der Waals surface area contributed by atoms with E-state index in [1.807, 2.05) is 19.0 Å². The Bertz CT molecular complexity index is 1040. The third-order valence-corrected chi connectivity index (χ3v) is 5.21. The smallest absolute Gasteiger partial charge is 0.286 e. The highest BCUT2D eigenvalue weighted by Gasteiger charge is 2.14. The van der Waals surface area contributed by atoms with Crippen molar-refractivity contribution in [1.29, 1.82) is 0 Å². The minimum Gasteiger partial charge on any atom is -0.486 e. The third-order valence-electron chi connectivity index (χ3n) is 4.06. The van der Waals surface area contributed by atoms with Crippen molar-refractivity contribution in [3.8, 4) is 5.75 Å². The summed E-state index contributed by atoms with van der Waals surface area (Å²) in [5, 5.41) is 14.9. The fourth-order valence-corrected chi connectivity index (χ4v) is 3.27. The van der Waals surface area contributed by atoms with Gasteiger partial charge in [-0.3, -0.25) is 9.59 Å². The van der Waals surface area contributed by atoms with Crippen molar-refractivity contribution in [2.75, 3.05) is 32.5 Å². The Morgan fingerprint density at radius 2 is 1.87 bits per heavy atom. The summed E-state index contributed by atoms with van der Waals surface area (Å²) in [7, 11) is 3.87. The summed E-state index contributed by atoms with van der Waals surface area (Å²) in [5.74, 6) is 0.0437. The van der Waals surface area contributed by atoms with Crippen molar-refractivity contribution < 1.29 is 14.3 Å². The molecule has 0 spiro atoms. The average molecular weight is 460 g/mol. The van der Waals surface area contributed by atoms with Crippen molar-refractivity contribution in [2.45, 2.75) is 6.61 Å². The first-order valence-corrected chi connectivity index (χ1v) is 10.7. The third kappa shape index (κ3) is 7.02. The first-order chi connectivity index (χ1) is 14.9. The van der Waals surface area contributed by atoms with E-state index in [0.717, 1.165) is 17.9 Å². The van der Waals surface area contributed by atoms with Gasteiger partial charge in [0.25, 0.3) is 11.8 Å². The molecule has 0 fully saturated rings. The zero-order chi connectivity index (χ0) is 22.2. The van der Waals surface area contributed by atoms with Crippen LogP contribution >= 0.6 is 22.9 Å². The molecule has 2 N–H and O–H groups in total. The molecule has 0 aliphatic rings. The van der Waals surface area contributed by atoms with E-state index in [1.54, 1.807) is 48.5 Å². The normalized spacial score (nSPS) is 10.7. The summed E-state index contributed by atoms with van der Waals surface area (Å²) in [6, 6.07) is 13.7. The number of carbonyl (C=O) groups is 2. The molecule has 3 rings (SSSR count). The molecule has 0 atom stereocenters. The van der Waals surface area contributed by atoms with Gasteiger partial charge in [-0.25, -0.2) is 0 Å². The van der Waals surface area contributed by atoms with Gasteiger partial charge < -0.3 is 20.3 Å². The van der Waals surface area contributed by atoms with Crippen molar-refractivity contribution in [3.05, 3.63) is 69.1 Å². The predicted octanol–water partition coefficient (Wildman–Crippen LogP) is 3.31. The molecule has 0 unspecified atom stereocenters. The van der Waals surface area contributed by atoms with E-state index in [0.29, 0.717) is 33.6 Å². The lowest BCUT2D eigenvalue weighted by atomic mass is 10.2. The fourth-order valence-electron chi connectivity index (χ4n) is 2.50. The van der Waals surface area contributed by atoms with Crippen LogP contribution in [0.4, 0.5) is 5.69 Å². The van der Waals surface area contributed by atoms with Crippen LogP contribution in [0.3, 0.4) is 0 Å². The Balaban J connectivity index is 1.55. The predicted molar refractivity (Wildman–Crippen MR) is 121 cm³/mol. The Kier molecular flexibility index (Phi) is 7.94. The van der Waals surface area contributed by atoms with Gasteiger partial charge in [-0.05, 0) is 56.6 Å². The molecule has 0 saturated heterocycles. The number of carbonyl (C=O) groups excluding carboxylic acids is 2. The van der Waals surface area contributed by atoms with Gasteiger partial charge in [0.05, 0.1) is 0 Å². The number of rotatable bonds is 9. The maximum absolute atomic E-state index is 12.5. The number of ether oxygens (including phenoxy) is 1. The Morgan fingerprint density at radius 3 is 2.61 bits per heavy atom. The largest absolute Gasteiger partial charge is 0.486 e. The second-order valence-electron chi connectivity index (χ2n) is 6.84. The summed E-state index contributed by atoms with van der Waals surface area (Å²) in [5.41, 5.74) is 0.963. The van der Waals surface area contributed by atoms with E-state index >= 15 is 0 Å². The Morgan fingerprint density at radius 1 is 1.10 bits per heavy atom. The maximum Gasteiger partial charge on any atom is 0.286 e. The summed E-state index contributed by atoms with van der Waals surface area (Å²) in [4.78, 5) is 26.7. The van der Waals surface area contributed by atoms with Crippen LogP contribution in [0, 0.1) is 0 Å². The first-order valence-electron chi connectivity index (χ1n) is 9.46. The van der Waals surface area contributed by atoms with E-state index in [9.17, 15) is 9.59 Å². The molecule has 0 aliphatic carbocycles. The number of nitrogens with zero attached hydrogens (tertiary/aromatic N) is 3. The minimum atomic E-state index is -0.402. The topological polar surface area (TPSA) is 96.5 Å². The zero-order valence-electron chi connectivity index (χ0n) is 17.1. The molecule has 1 aromatic heterocycles. The molecule has 0 radical (unpaired) electrons. The quantitative estimate of drug-likeness (QED) is 0.509. The Hall–Kier alpha value is -3.01. The van der Waals surface area contributed by atoms with Gasteiger partial charge in [0.1, 0.15) is 12.4 Å². The zero-order valence-corrected chi connectivity index (χ0v) is 18.7. The molecule has 31 heavy (non-hydrogen) atoms. The number of likely N-dealkylation sites (N-methyl/N-ethyl adjacent to an activating group) is 1. The van der Waals surface area contributed by atoms with E-state index in [2.05, 4.69) is 20.8 Å². The van der Waals surface area contributed by atoms with Crippen LogP contribution < -0.4 is 15.4 Å². The lowest BCUT2D eigenvalue weighted by Crippen LogP contribution is -2.31. The van der Waals surface area contributed by atoms with E-state index in [4.69, 9.17) is 16.3 Å². The standard InChI is InChI=1S/C21H22ClN5O3S/c1-27(2)11-10-23-19(28)14-4-3-5-16(12-14)24-20(29)21-26-25-18(31-21)13-30-17-8-6-15(22)7-9-17/h3-9,12H,10-11,13H2,1-2H3,(H,23,28)(H,24,29). The molecule has 2 amide bonds. The number of halogens is 1. The summed E-state index contributed by atoms with van der Waals surface area (Å²) in [6.45, 7) is 1.46.